The summed E-state index contributed by atoms with van der Waals surface area (Å²) in [4.78, 5) is 12.7. The van der Waals surface area contributed by atoms with E-state index in [0.717, 1.165) is 12.0 Å². The van der Waals surface area contributed by atoms with E-state index in [2.05, 4.69) is 20.8 Å². The molecule has 176 valence electrons. The van der Waals surface area contributed by atoms with Crippen LogP contribution in [0.1, 0.15) is 15.9 Å². The molecule has 0 saturated carbocycles. The Balaban J connectivity index is 1.60. The normalized spacial score (nSPS) is 10.3. The van der Waals surface area contributed by atoms with E-state index in [1.807, 2.05) is 18.2 Å². The van der Waals surface area contributed by atoms with Gasteiger partial charge in [-0.2, -0.15) is 0 Å². The van der Waals surface area contributed by atoms with Crippen molar-refractivity contribution in [3.05, 3.63) is 41.5 Å². The number of hydrogen-bond acceptors (Lipinski definition) is 10. The van der Waals surface area contributed by atoms with Crippen molar-refractivity contribution < 1.29 is 28.5 Å². The van der Waals surface area contributed by atoms with E-state index in [4.69, 9.17) is 23.7 Å². The van der Waals surface area contributed by atoms with E-state index in [1.54, 1.807) is 26.4 Å². The van der Waals surface area contributed by atoms with E-state index in [0.29, 0.717) is 51.1 Å². The summed E-state index contributed by atoms with van der Waals surface area (Å²) in [6.07, 6.45) is 0.743. The number of rotatable bonds is 11. The van der Waals surface area contributed by atoms with Gasteiger partial charge in [0.25, 0.3) is 5.91 Å². The molecule has 0 fully saturated rings. The van der Waals surface area contributed by atoms with Crippen molar-refractivity contribution in [1.29, 1.82) is 0 Å². The Labute approximate surface area is 195 Å². The van der Waals surface area contributed by atoms with E-state index in [1.165, 1.54) is 32.7 Å². The number of anilines is 2. The molecular weight excluding hydrogens is 448 g/mol. The molecule has 0 bridgehead atoms. The van der Waals surface area contributed by atoms with Gasteiger partial charge >= 0.3 is 0 Å². The van der Waals surface area contributed by atoms with Gasteiger partial charge in [0.1, 0.15) is 0 Å². The van der Waals surface area contributed by atoms with Gasteiger partial charge in [0, 0.05) is 12.1 Å². The van der Waals surface area contributed by atoms with E-state index in [-0.39, 0.29) is 5.91 Å². The van der Waals surface area contributed by atoms with Gasteiger partial charge in [-0.15, -0.1) is 10.2 Å². The molecule has 1 heterocycles. The predicted octanol–water partition coefficient (Wildman–Crippen LogP) is 3.49. The lowest BCUT2D eigenvalue weighted by Crippen LogP contribution is -2.12. The van der Waals surface area contributed by atoms with Gasteiger partial charge in [0.05, 0.1) is 35.5 Å². The van der Waals surface area contributed by atoms with Crippen molar-refractivity contribution in [2.45, 2.75) is 6.42 Å². The zero-order valence-electron chi connectivity index (χ0n) is 19.1. The van der Waals surface area contributed by atoms with Gasteiger partial charge in [-0.05, 0) is 36.2 Å². The number of carbonyl (C=O) groups excluding carboxylic acids is 1. The van der Waals surface area contributed by atoms with Gasteiger partial charge in [0.15, 0.2) is 23.0 Å². The number of nitrogens with one attached hydrogen (secondary N) is 2. The van der Waals surface area contributed by atoms with Crippen LogP contribution in [0, 0.1) is 0 Å². The molecule has 0 atom stereocenters. The van der Waals surface area contributed by atoms with Crippen LogP contribution in [0.5, 0.6) is 28.7 Å². The number of ether oxygens (including phenoxy) is 5. The molecule has 2 aromatic carbocycles. The highest BCUT2D eigenvalue weighted by atomic mass is 32.1. The Bertz CT molecular complexity index is 1080. The monoisotopic (exact) mass is 474 g/mol. The maximum absolute atomic E-state index is 12.7. The Hall–Kier alpha value is -3.73. The third kappa shape index (κ3) is 5.75. The average Bonchev–Trinajstić information content (AvgIpc) is 3.29. The fraction of sp³-hybridized carbons (Fsp3) is 0.318. The number of nitrogens with zero attached hydrogens (tertiary/aromatic N) is 2. The molecule has 11 heteroatoms. The Morgan fingerprint density at radius 3 is 2.06 bits per heavy atom. The van der Waals surface area contributed by atoms with Crippen molar-refractivity contribution in [3.8, 4) is 28.7 Å². The van der Waals surface area contributed by atoms with E-state index < -0.39 is 0 Å². The lowest BCUT2D eigenvalue weighted by atomic mass is 10.1. The minimum atomic E-state index is -0.373. The predicted molar refractivity (Wildman–Crippen MR) is 126 cm³/mol. The van der Waals surface area contributed by atoms with Crippen molar-refractivity contribution in [2.75, 3.05) is 52.7 Å². The second-order valence-corrected chi connectivity index (χ2v) is 7.62. The van der Waals surface area contributed by atoms with Crippen LogP contribution >= 0.6 is 11.3 Å². The molecule has 33 heavy (non-hydrogen) atoms. The fourth-order valence-electron chi connectivity index (χ4n) is 3.08. The molecule has 1 amide bonds. The maximum atomic E-state index is 12.7. The number of aromatic nitrogens is 2. The largest absolute Gasteiger partial charge is 0.493 e. The third-order valence-electron chi connectivity index (χ3n) is 4.71. The number of hydrogen-bond donors (Lipinski definition) is 2. The Morgan fingerprint density at radius 1 is 0.818 bits per heavy atom. The molecule has 10 nitrogen and oxygen atoms in total. The molecule has 0 unspecified atom stereocenters. The van der Waals surface area contributed by atoms with Gasteiger partial charge < -0.3 is 29.0 Å². The standard InChI is InChI=1S/C22H26N4O6S/c1-28-15-7-6-13(10-16(15)29-2)8-9-23-21-25-26-22(33-21)24-20(27)14-11-17(30-3)19(32-5)18(12-14)31-4/h6-7,10-12H,8-9H2,1-5H3,(H,23,25)(H,24,26,27). The molecule has 0 radical (unpaired) electrons. The average molecular weight is 475 g/mol. The first-order valence-corrected chi connectivity index (χ1v) is 10.7. The fourth-order valence-corrected chi connectivity index (χ4v) is 3.74. The second-order valence-electron chi connectivity index (χ2n) is 6.65. The minimum Gasteiger partial charge on any atom is -0.493 e. The number of carbonyl (C=O) groups is 1. The molecule has 0 saturated heterocycles. The first-order valence-electron chi connectivity index (χ1n) is 9.92. The van der Waals surface area contributed by atoms with Crippen LogP contribution in [0.25, 0.3) is 0 Å². The summed E-state index contributed by atoms with van der Waals surface area (Å²) in [6.45, 7) is 0.630. The van der Waals surface area contributed by atoms with Crippen LogP contribution in [-0.2, 0) is 6.42 Å². The summed E-state index contributed by atoms with van der Waals surface area (Å²) < 4.78 is 26.5. The van der Waals surface area contributed by atoms with Crippen molar-refractivity contribution in [1.82, 2.24) is 10.2 Å². The first kappa shape index (κ1) is 23.9. The molecule has 1 aromatic heterocycles. The highest BCUT2D eigenvalue weighted by Gasteiger charge is 2.18. The van der Waals surface area contributed by atoms with Gasteiger partial charge in [-0.1, -0.05) is 17.4 Å². The van der Waals surface area contributed by atoms with Crippen LogP contribution in [0.2, 0.25) is 0 Å². The van der Waals surface area contributed by atoms with Crippen LogP contribution in [0.3, 0.4) is 0 Å². The minimum absolute atomic E-state index is 0.336. The van der Waals surface area contributed by atoms with Crippen LogP contribution in [0.4, 0.5) is 10.3 Å². The van der Waals surface area contributed by atoms with Crippen LogP contribution in [-0.4, -0.2) is 58.2 Å². The topological polar surface area (TPSA) is 113 Å². The van der Waals surface area contributed by atoms with Crippen molar-refractivity contribution in [2.24, 2.45) is 0 Å². The highest BCUT2D eigenvalue weighted by molar-refractivity contribution is 7.19. The zero-order valence-corrected chi connectivity index (χ0v) is 19.9. The Kier molecular flexibility index (Phi) is 8.14. The van der Waals surface area contributed by atoms with Crippen LogP contribution < -0.4 is 34.3 Å². The summed E-state index contributed by atoms with van der Waals surface area (Å²) in [5, 5.41) is 15.0. The van der Waals surface area contributed by atoms with Gasteiger partial charge in [-0.3, -0.25) is 10.1 Å². The first-order chi connectivity index (χ1) is 16.0. The van der Waals surface area contributed by atoms with Crippen molar-refractivity contribution >= 4 is 27.5 Å². The van der Waals surface area contributed by atoms with Crippen LogP contribution in [0.15, 0.2) is 30.3 Å². The number of methoxy groups -OCH3 is 5. The van der Waals surface area contributed by atoms with Crippen molar-refractivity contribution in [3.63, 3.8) is 0 Å². The summed E-state index contributed by atoms with van der Waals surface area (Å²) in [6, 6.07) is 8.92. The second kappa shape index (κ2) is 11.2. The zero-order chi connectivity index (χ0) is 23.8. The molecule has 3 rings (SSSR count). The van der Waals surface area contributed by atoms with E-state index in [9.17, 15) is 4.79 Å². The number of benzene rings is 2. The summed E-state index contributed by atoms with van der Waals surface area (Å²) >= 11 is 1.24. The molecule has 0 spiro atoms. The third-order valence-corrected chi connectivity index (χ3v) is 5.51. The highest BCUT2D eigenvalue weighted by Crippen LogP contribution is 2.38. The summed E-state index contributed by atoms with van der Waals surface area (Å²) in [5.41, 5.74) is 1.42. The molecule has 3 aromatic rings. The maximum Gasteiger partial charge on any atom is 0.257 e. The lowest BCUT2D eigenvalue weighted by molar-refractivity contribution is 0.102. The van der Waals surface area contributed by atoms with E-state index >= 15 is 0 Å². The lowest BCUT2D eigenvalue weighted by Gasteiger charge is -2.13. The quantitative estimate of drug-likeness (QED) is 0.431. The molecule has 0 aliphatic heterocycles. The number of amides is 1. The molecule has 0 aliphatic carbocycles. The van der Waals surface area contributed by atoms with Gasteiger partial charge in [-0.25, -0.2) is 0 Å². The molecule has 0 aliphatic rings. The Morgan fingerprint density at radius 2 is 1.45 bits per heavy atom. The molecule has 2 N–H and O–H groups in total. The molecular formula is C22H26N4O6S. The summed E-state index contributed by atoms with van der Waals surface area (Å²) in [7, 11) is 7.69. The van der Waals surface area contributed by atoms with Gasteiger partial charge in [0.2, 0.25) is 16.0 Å². The SMILES string of the molecule is COc1ccc(CCNc2nnc(NC(=O)c3cc(OC)c(OC)c(OC)c3)s2)cc1OC. The summed E-state index contributed by atoms with van der Waals surface area (Å²) in [5.74, 6) is 2.18. The smallest absolute Gasteiger partial charge is 0.257 e.